The van der Waals surface area contributed by atoms with E-state index in [4.69, 9.17) is 22.1 Å². The predicted octanol–water partition coefficient (Wildman–Crippen LogP) is 2.23. The Labute approximate surface area is 87.0 Å². The lowest BCUT2D eigenvalue weighted by Crippen LogP contribution is -2.19. The van der Waals surface area contributed by atoms with Crippen molar-refractivity contribution in [2.45, 2.75) is 6.92 Å². The zero-order valence-electron chi connectivity index (χ0n) is 7.71. The second-order valence-electron chi connectivity index (χ2n) is 2.56. The maximum atomic E-state index is 10.6. The second kappa shape index (κ2) is 4.72. The second-order valence-corrected chi connectivity index (χ2v) is 3.00. The minimum absolute atomic E-state index is 0.479. The van der Waals surface area contributed by atoms with Gasteiger partial charge in [0.05, 0.1) is 12.3 Å². The first-order valence-corrected chi connectivity index (χ1v) is 4.50. The number of rotatable bonds is 3. The van der Waals surface area contributed by atoms with Gasteiger partial charge in [-0.2, -0.15) is 0 Å². The zero-order valence-corrected chi connectivity index (χ0v) is 8.47. The Balaban J connectivity index is 2.96. The molecule has 0 aliphatic heterocycles. The summed E-state index contributed by atoms with van der Waals surface area (Å²) in [5.74, 6) is 0.552. The van der Waals surface area contributed by atoms with Crippen molar-refractivity contribution in [3.8, 4) is 5.75 Å². The van der Waals surface area contributed by atoms with Gasteiger partial charge in [0.1, 0.15) is 5.75 Å². The van der Waals surface area contributed by atoms with Crippen LogP contribution in [-0.2, 0) is 0 Å². The van der Waals surface area contributed by atoms with E-state index in [1.54, 1.807) is 18.2 Å². The zero-order chi connectivity index (χ0) is 10.6. The highest BCUT2D eigenvalue weighted by Gasteiger charge is 2.05. The molecule has 76 valence electrons. The van der Waals surface area contributed by atoms with Crippen molar-refractivity contribution >= 4 is 23.3 Å². The number of amides is 2. The summed E-state index contributed by atoms with van der Waals surface area (Å²) in [4.78, 5) is 10.6. The maximum absolute atomic E-state index is 10.6. The molecule has 0 spiro atoms. The fourth-order valence-corrected chi connectivity index (χ4v) is 1.19. The van der Waals surface area contributed by atoms with Crippen LogP contribution in [0.3, 0.4) is 0 Å². The fraction of sp³-hybridized carbons (Fsp3) is 0.222. The number of primary amides is 1. The van der Waals surface area contributed by atoms with E-state index in [0.717, 1.165) is 0 Å². The molecular weight excluding hydrogens is 204 g/mol. The third-order valence-corrected chi connectivity index (χ3v) is 1.73. The molecule has 1 rings (SSSR count). The number of hydrogen-bond donors (Lipinski definition) is 2. The number of nitrogens with two attached hydrogens (primary N) is 1. The van der Waals surface area contributed by atoms with E-state index < -0.39 is 6.03 Å². The predicted molar refractivity (Wildman–Crippen MR) is 55.8 cm³/mol. The molecule has 0 saturated heterocycles. The Morgan fingerprint density at radius 3 is 2.93 bits per heavy atom. The van der Waals surface area contributed by atoms with Crippen LogP contribution < -0.4 is 15.8 Å². The van der Waals surface area contributed by atoms with Gasteiger partial charge in [0.2, 0.25) is 0 Å². The molecule has 0 bridgehead atoms. The lowest BCUT2D eigenvalue weighted by Gasteiger charge is -2.10. The highest BCUT2D eigenvalue weighted by molar-refractivity contribution is 6.31. The fourth-order valence-electron chi connectivity index (χ4n) is 1.01. The van der Waals surface area contributed by atoms with Crippen LogP contribution in [-0.4, -0.2) is 12.6 Å². The van der Waals surface area contributed by atoms with Crippen LogP contribution in [0.4, 0.5) is 10.5 Å². The molecule has 5 heteroatoms. The first-order chi connectivity index (χ1) is 6.63. The number of urea groups is 1. The van der Waals surface area contributed by atoms with Gasteiger partial charge in [-0.25, -0.2) is 4.79 Å². The smallest absolute Gasteiger partial charge is 0.316 e. The topological polar surface area (TPSA) is 64.3 Å². The lowest BCUT2D eigenvalue weighted by molar-refractivity contribution is 0.259. The SMILES string of the molecule is CCOc1ccc(Cl)cc1NC(N)=O. The van der Waals surface area contributed by atoms with Gasteiger partial charge in [-0.1, -0.05) is 11.6 Å². The molecule has 0 fully saturated rings. The van der Waals surface area contributed by atoms with E-state index in [1.807, 2.05) is 6.92 Å². The molecule has 1 aromatic carbocycles. The van der Waals surface area contributed by atoms with E-state index in [-0.39, 0.29) is 0 Å². The van der Waals surface area contributed by atoms with Crippen molar-refractivity contribution in [3.05, 3.63) is 23.2 Å². The molecule has 0 radical (unpaired) electrons. The first-order valence-electron chi connectivity index (χ1n) is 4.12. The highest BCUT2D eigenvalue weighted by Crippen LogP contribution is 2.27. The van der Waals surface area contributed by atoms with Crippen LogP contribution in [0.1, 0.15) is 6.92 Å². The van der Waals surface area contributed by atoms with Gasteiger partial charge in [0.25, 0.3) is 0 Å². The average Bonchev–Trinajstić information content (AvgIpc) is 2.09. The molecule has 0 unspecified atom stereocenters. The lowest BCUT2D eigenvalue weighted by atomic mass is 10.3. The van der Waals surface area contributed by atoms with Gasteiger partial charge in [0, 0.05) is 5.02 Å². The number of hydrogen-bond acceptors (Lipinski definition) is 2. The number of halogens is 1. The van der Waals surface area contributed by atoms with Crippen molar-refractivity contribution in [1.29, 1.82) is 0 Å². The van der Waals surface area contributed by atoms with Crippen LogP contribution in [0.15, 0.2) is 18.2 Å². The Bertz CT molecular complexity index is 342. The Kier molecular flexibility index (Phi) is 3.59. The number of carbonyl (C=O) groups excluding carboxylic acids is 1. The molecule has 0 heterocycles. The molecule has 0 atom stereocenters. The van der Waals surface area contributed by atoms with Crippen molar-refractivity contribution in [1.82, 2.24) is 0 Å². The van der Waals surface area contributed by atoms with Crippen LogP contribution in [0.5, 0.6) is 5.75 Å². The summed E-state index contributed by atoms with van der Waals surface area (Å²) in [7, 11) is 0. The summed E-state index contributed by atoms with van der Waals surface area (Å²) in [6, 6.07) is 4.29. The third kappa shape index (κ3) is 2.81. The van der Waals surface area contributed by atoms with Crippen molar-refractivity contribution in [3.63, 3.8) is 0 Å². The maximum Gasteiger partial charge on any atom is 0.316 e. The molecule has 0 aliphatic carbocycles. The number of carbonyl (C=O) groups is 1. The standard InChI is InChI=1S/C9H11ClN2O2/c1-2-14-8-4-3-6(10)5-7(8)12-9(11)13/h3-5H,2H2,1H3,(H3,11,12,13). The number of benzene rings is 1. The van der Waals surface area contributed by atoms with Gasteiger partial charge >= 0.3 is 6.03 Å². The first kappa shape index (κ1) is 10.7. The minimum Gasteiger partial charge on any atom is -0.492 e. The van der Waals surface area contributed by atoms with Gasteiger partial charge in [-0.15, -0.1) is 0 Å². The molecule has 14 heavy (non-hydrogen) atoms. The van der Waals surface area contributed by atoms with Crippen LogP contribution in [0.25, 0.3) is 0 Å². The van der Waals surface area contributed by atoms with Crippen molar-refractivity contribution < 1.29 is 9.53 Å². The molecule has 0 aliphatic rings. The quantitative estimate of drug-likeness (QED) is 0.811. The number of nitrogens with one attached hydrogen (secondary N) is 1. The molecule has 3 N–H and O–H groups in total. The van der Waals surface area contributed by atoms with E-state index >= 15 is 0 Å². The molecule has 0 aromatic heterocycles. The summed E-state index contributed by atoms with van der Waals surface area (Å²) in [5, 5.41) is 2.94. The summed E-state index contributed by atoms with van der Waals surface area (Å²) in [6.07, 6.45) is 0. The Morgan fingerprint density at radius 2 is 2.36 bits per heavy atom. The van der Waals surface area contributed by atoms with Crippen LogP contribution >= 0.6 is 11.6 Å². The highest BCUT2D eigenvalue weighted by atomic mass is 35.5. The van der Waals surface area contributed by atoms with Gasteiger partial charge < -0.3 is 15.8 Å². The molecular formula is C9H11ClN2O2. The van der Waals surface area contributed by atoms with Gasteiger partial charge in [-0.05, 0) is 25.1 Å². The minimum atomic E-state index is -0.645. The number of anilines is 1. The van der Waals surface area contributed by atoms with E-state index in [9.17, 15) is 4.79 Å². The van der Waals surface area contributed by atoms with Crippen molar-refractivity contribution in [2.24, 2.45) is 5.73 Å². The van der Waals surface area contributed by atoms with E-state index in [2.05, 4.69) is 5.32 Å². The largest absolute Gasteiger partial charge is 0.492 e. The summed E-state index contributed by atoms with van der Waals surface area (Å²) >= 11 is 5.75. The molecule has 0 saturated carbocycles. The summed E-state index contributed by atoms with van der Waals surface area (Å²) < 4.78 is 5.26. The third-order valence-electron chi connectivity index (χ3n) is 1.50. The van der Waals surface area contributed by atoms with Crippen LogP contribution in [0, 0.1) is 0 Å². The molecule has 2 amide bonds. The summed E-state index contributed by atoms with van der Waals surface area (Å²) in [6.45, 7) is 2.36. The monoisotopic (exact) mass is 214 g/mol. The molecule has 4 nitrogen and oxygen atoms in total. The van der Waals surface area contributed by atoms with E-state index in [1.165, 1.54) is 0 Å². The van der Waals surface area contributed by atoms with Crippen LogP contribution in [0.2, 0.25) is 5.02 Å². The Hall–Kier alpha value is -1.42. The van der Waals surface area contributed by atoms with Gasteiger partial charge in [0.15, 0.2) is 0 Å². The molecule has 1 aromatic rings. The van der Waals surface area contributed by atoms with E-state index in [0.29, 0.717) is 23.1 Å². The van der Waals surface area contributed by atoms with Crippen molar-refractivity contribution in [2.75, 3.05) is 11.9 Å². The Morgan fingerprint density at radius 1 is 1.64 bits per heavy atom. The van der Waals surface area contributed by atoms with Gasteiger partial charge in [-0.3, -0.25) is 0 Å². The summed E-state index contributed by atoms with van der Waals surface area (Å²) in [5.41, 5.74) is 5.47. The normalized spacial score (nSPS) is 9.57. The average molecular weight is 215 g/mol. The number of ether oxygens (including phenoxy) is 1.